The summed E-state index contributed by atoms with van der Waals surface area (Å²) in [5.74, 6) is 0.552. The second kappa shape index (κ2) is 10.5. The third kappa shape index (κ3) is 6.51. The molecule has 0 aromatic carbocycles. The summed E-state index contributed by atoms with van der Waals surface area (Å²) >= 11 is 8.22. The molecule has 3 N–H and O–H groups in total. The number of carbonyl (C=O) groups excluding carboxylic acids is 2. The Hall–Kier alpha value is -0.400. The molecule has 0 aromatic rings. The first kappa shape index (κ1) is 17.6. The third-order valence-electron chi connectivity index (χ3n) is 2.35. The second-order valence-electron chi connectivity index (χ2n) is 3.76. The second-order valence-corrected chi connectivity index (χ2v) is 4.57. The van der Waals surface area contributed by atoms with Crippen molar-refractivity contribution in [3.05, 3.63) is 0 Å². The van der Waals surface area contributed by atoms with Crippen molar-refractivity contribution in [2.45, 2.75) is 32.4 Å². The summed E-state index contributed by atoms with van der Waals surface area (Å²) < 4.78 is 0. The van der Waals surface area contributed by atoms with Gasteiger partial charge in [-0.1, -0.05) is 6.92 Å². The molecule has 7 heteroatoms. The van der Waals surface area contributed by atoms with Crippen LogP contribution in [-0.4, -0.2) is 48.5 Å². The fourth-order valence-corrected chi connectivity index (χ4v) is 2.01. The lowest BCUT2D eigenvalue weighted by Gasteiger charge is -2.21. The number of carbonyl (C=O) groups is 2. The number of thiol groups is 2. The standard InChI is InChI=1S/C11H23N3O2S2/c1-3-12-9(7-18)11(16)14-8(5-6-17)10(15)13-4-2/h8-9,12,17-18H,3-7H2,1-2H3,(H,13,15)(H,14,16)/t8-,9-/m1/s1. The van der Waals surface area contributed by atoms with Crippen molar-refractivity contribution in [2.75, 3.05) is 24.6 Å². The van der Waals surface area contributed by atoms with Gasteiger partial charge < -0.3 is 16.0 Å². The quantitative estimate of drug-likeness (QED) is 0.384. The normalized spacial score (nSPS) is 13.8. The van der Waals surface area contributed by atoms with Crippen molar-refractivity contribution < 1.29 is 9.59 Å². The molecule has 18 heavy (non-hydrogen) atoms. The Kier molecular flexibility index (Phi) is 10.3. The molecule has 0 aliphatic carbocycles. The molecule has 0 bridgehead atoms. The molecule has 0 saturated heterocycles. The Bertz CT molecular complexity index is 265. The Morgan fingerprint density at radius 2 is 1.72 bits per heavy atom. The molecule has 2 amide bonds. The monoisotopic (exact) mass is 293 g/mol. The van der Waals surface area contributed by atoms with E-state index >= 15 is 0 Å². The number of amides is 2. The maximum absolute atomic E-state index is 11.9. The van der Waals surface area contributed by atoms with Crippen LogP contribution >= 0.6 is 25.3 Å². The summed E-state index contributed by atoms with van der Waals surface area (Å²) in [7, 11) is 0. The lowest BCUT2D eigenvalue weighted by Crippen LogP contribution is -2.53. The maximum atomic E-state index is 11.9. The third-order valence-corrected chi connectivity index (χ3v) is 2.97. The average molecular weight is 293 g/mol. The Labute approximate surface area is 120 Å². The molecule has 0 fully saturated rings. The molecule has 0 unspecified atom stereocenters. The summed E-state index contributed by atoms with van der Waals surface area (Å²) in [6.45, 7) is 4.98. The van der Waals surface area contributed by atoms with Crippen LogP contribution in [-0.2, 0) is 9.59 Å². The van der Waals surface area contributed by atoms with Crippen LogP contribution in [0.1, 0.15) is 20.3 Å². The summed E-state index contributed by atoms with van der Waals surface area (Å²) in [5.41, 5.74) is 0. The van der Waals surface area contributed by atoms with E-state index in [-0.39, 0.29) is 17.9 Å². The van der Waals surface area contributed by atoms with E-state index in [1.807, 2.05) is 13.8 Å². The Morgan fingerprint density at radius 3 is 2.17 bits per heavy atom. The molecular weight excluding hydrogens is 270 g/mol. The van der Waals surface area contributed by atoms with Gasteiger partial charge in [0.1, 0.15) is 6.04 Å². The zero-order chi connectivity index (χ0) is 14.0. The maximum Gasteiger partial charge on any atom is 0.242 e. The minimum Gasteiger partial charge on any atom is -0.355 e. The molecule has 5 nitrogen and oxygen atoms in total. The zero-order valence-electron chi connectivity index (χ0n) is 10.9. The van der Waals surface area contributed by atoms with Gasteiger partial charge in [0.2, 0.25) is 11.8 Å². The van der Waals surface area contributed by atoms with E-state index in [1.54, 1.807) is 0 Å². The smallest absolute Gasteiger partial charge is 0.242 e. The van der Waals surface area contributed by atoms with E-state index < -0.39 is 6.04 Å². The first-order chi connectivity index (χ1) is 8.60. The van der Waals surface area contributed by atoms with Crippen LogP contribution in [0, 0.1) is 0 Å². The SMILES string of the molecule is CCNC(=O)[C@@H](CCS)NC(=O)[C@@H](CS)NCC. The van der Waals surface area contributed by atoms with Gasteiger partial charge in [-0.3, -0.25) is 9.59 Å². The predicted molar refractivity (Wildman–Crippen MR) is 80.4 cm³/mol. The van der Waals surface area contributed by atoms with Crippen molar-refractivity contribution in [1.82, 2.24) is 16.0 Å². The van der Waals surface area contributed by atoms with Gasteiger partial charge >= 0.3 is 0 Å². The van der Waals surface area contributed by atoms with Crippen LogP contribution in [0.2, 0.25) is 0 Å². The molecule has 106 valence electrons. The molecule has 0 radical (unpaired) electrons. The van der Waals surface area contributed by atoms with Crippen molar-refractivity contribution in [3.8, 4) is 0 Å². The van der Waals surface area contributed by atoms with E-state index in [0.717, 1.165) is 0 Å². The molecular formula is C11H23N3O2S2. The molecule has 0 heterocycles. The van der Waals surface area contributed by atoms with Crippen molar-refractivity contribution in [2.24, 2.45) is 0 Å². The van der Waals surface area contributed by atoms with Crippen molar-refractivity contribution in [3.63, 3.8) is 0 Å². The number of rotatable bonds is 9. The van der Waals surface area contributed by atoms with Gasteiger partial charge in [-0.25, -0.2) is 0 Å². The highest BCUT2D eigenvalue weighted by molar-refractivity contribution is 7.80. The fraction of sp³-hybridized carbons (Fsp3) is 0.818. The molecule has 2 atom stereocenters. The van der Waals surface area contributed by atoms with E-state index in [9.17, 15) is 9.59 Å². The predicted octanol–water partition coefficient (Wildman–Crippen LogP) is -0.165. The van der Waals surface area contributed by atoms with Crippen LogP contribution in [0.25, 0.3) is 0 Å². The Morgan fingerprint density at radius 1 is 1.06 bits per heavy atom. The van der Waals surface area contributed by atoms with Gasteiger partial charge in [-0.05, 0) is 25.6 Å². The minimum absolute atomic E-state index is 0.172. The number of nitrogens with one attached hydrogen (secondary N) is 3. The lowest BCUT2D eigenvalue weighted by atomic mass is 10.2. The van der Waals surface area contributed by atoms with Gasteiger partial charge in [0.15, 0.2) is 0 Å². The highest BCUT2D eigenvalue weighted by Crippen LogP contribution is 1.97. The van der Waals surface area contributed by atoms with E-state index in [0.29, 0.717) is 31.0 Å². The van der Waals surface area contributed by atoms with Crippen molar-refractivity contribution in [1.29, 1.82) is 0 Å². The largest absolute Gasteiger partial charge is 0.355 e. The summed E-state index contributed by atoms with van der Waals surface area (Å²) in [6, 6.07) is -0.911. The zero-order valence-corrected chi connectivity index (χ0v) is 12.7. The van der Waals surface area contributed by atoms with Crippen LogP contribution in [0.5, 0.6) is 0 Å². The van der Waals surface area contributed by atoms with Gasteiger partial charge in [-0.15, -0.1) is 0 Å². The minimum atomic E-state index is -0.531. The van der Waals surface area contributed by atoms with Crippen LogP contribution in [0.4, 0.5) is 0 Å². The van der Waals surface area contributed by atoms with E-state index in [4.69, 9.17) is 0 Å². The van der Waals surface area contributed by atoms with E-state index in [1.165, 1.54) is 0 Å². The summed E-state index contributed by atoms with van der Waals surface area (Å²) in [6.07, 6.45) is 0.506. The summed E-state index contributed by atoms with van der Waals surface area (Å²) in [4.78, 5) is 23.7. The topological polar surface area (TPSA) is 70.2 Å². The van der Waals surface area contributed by atoms with Crippen LogP contribution in [0.3, 0.4) is 0 Å². The highest BCUT2D eigenvalue weighted by atomic mass is 32.1. The molecule has 0 aliphatic heterocycles. The molecule has 0 rings (SSSR count). The number of hydrogen-bond donors (Lipinski definition) is 5. The summed E-state index contributed by atoms with van der Waals surface area (Å²) in [5, 5.41) is 8.44. The van der Waals surface area contributed by atoms with Crippen LogP contribution < -0.4 is 16.0 Å². The fourth-order valence-electron chi connectivity index (χ4n) is 1.45. The molecule has 0 aliphatic rings. The van der Waals surface area contributed by atoms with Gasteiger partial charge in [-0.2, -0.15) is 25.3 Å². The van der Waals surface area contributed by atoms with Gasteiger partial charge in [0, 0.05) is 12.3 Å². The molecule has 0 spiro atoms. The average Bonchev–Trinajstić information content (AvgIpc) is 2.35. The van der Waals surface area contributed by atoms with E-state index in [2.05, 4.69) is 41.2 Å². The van der Waals surface area contributed by atoms with Crippen molar-refractivity contribution >= 4 is 37.1 Å². The lowest BCUT2D eigenvalue weighted by molar-refractivity contribution is -0.129. The first-order valence-electron chi connectivity index (χ1n) is 6.13. The molecule has 0 aromatic heterocycles. The van der Waals surface area contributed by atoms with Crippen LogP contribution in [0.15, 0.2) is 0 Å². The van der Waals surface area contributed by atoms with Gasteiger partial charge in [0.05, 0.1) is 6.04 Å². The number of hydrogen-bond acceptors (Lipinski definition) is 5. The number of likely N-dealkylation sites (N-methyl/N-ethyl adjacent to an activating group) is 2. The highest BCUT2D eigenvalue weighted by Gasteiger charge is 2.23. The first-order valence-corrected chi connectivity index (χ1v) is 7.40. The Balaban J connectivity index is 4.46. The molecule has 0 saturated carbocycles. The van der Waals surface area contributed by atoms with Gasteiger partial charge in [0.25, 0.3) is 0 Å².